The van der Waals surface area contributed by atoms with Crippen molar-refractivity contribution in [1.29, 1.82) is 0 Å². The van der Waals surface area contributed by atoms with Gasteiger partial charge in [0.1, 0.15) is 0 Å². The van der Waals surface area contributed by atoms with Gasteiger partial charge in [0.25, 0.3) is 0 Å². The molecule has 45 heavy (non-hydrogen) atoms. The van der Waals surface area contributed by atoms with E-state index in [2.05, 4.69) is 27.0 Å². The first kappa shape index (κ1) is 43.4. The molecule has 0 rings (SSSR count). The van der Waals surface area contributed by atoms with E-state index in [-0.39, 0.29) is 24.4 Å². The average Bonchev–Trinajstić information content (AvgIpc) is 3.04. The van der Waals surface area contributed by atoms with Gasteiger partial charge in [-0.1, -0.05) is 194 Å². The summed E-state index contributed by atoms with van der Waals surface area (Å²) in [5.41, 5.74) is 0.507. The Kier molecular flexibility index (Phi) is 34.0. The van der Waals surface area contributed by atoms with Crippen LogP contribution in [0.2, 0.25) is 0 Å². The van der Waals surface area contributed by atoms with Gasteiger partial charge in [-0.15, -0.1) is 0 Å². The number of carbonyl (C=O) groups excluding carboxylic acids is 2. The van der Waals surface area contributed by atoms with Gasteiger partial charge in [0, 0.05) is 0 Å². The Morgan fingerprint density at radius 2 is 0.600 bits per heavy atom. The van der Waals surface area contributed by atoms with E-state index in [4.69, 9.17) is 14.2 Å². The van der Waals surface area contributed by atoms with E-state index in [1.807, 2.05) is 0 Å². The molecule has 0 unspecified atom stereocenters. The monoisotopic (exact) mass is 635 g/mol. The Morgan fingerprint density at radius 1 is 0.378 bits per heavy atom. The standard InChI is InChI=1S/C40H74O5/c1-5-7-9-11-13-15-17-19-21-23-25-27-29-31-33-44-39(41)37(3)35-43-36-38(4)40(42)45-34-32-30-28-26-24-22-20-18-16-14-12-10-8-6-2/h3-36H2,1-2H3. The van der Waals surface area contributed by atoms with Crippen LogP contribution in [0.4, 0.5) is 0 Å². The highest BCUT2D eigenvalue weighted by molar-refractivity contribution is 5.88. The first-order chi connectivity index (χ1) is 22.0. The molecule has 0 aromatic rings. The number of hydrogen-bond acceptors (Lipinski definition) is 5. The minimum atomic E-state index is -0.435. The summed E-state index contributed by atoms with van der Waals surface area (Å²) in [5, 5.41) is 0. The molecule has 0 aromatic heterocycles. The molecule has 264 valence electrons. The van der Waals surface area contributed by atoms with Crippen molar-refractivity contribution in [3.05, 3.63) is 24.3 Å². The van der Waals surface area contributed by atoms with Crippen molar-refractivity contribution in [3.8, 4) is 0 Å². The minimum Gasteiger partial charge on any atom is -0.462 e. The number of esters is 2. The third-order valence-corrected chi connectivity index (χ3v) is 8.59. The summed E-state index contributed by atoms with van der Waals surface area (Å²) in [6.07, 6.45) is 36.2. The number of carbonyl (C=O) groups is 2. The molecule has 0 fully saturated rings. The van der Waals surface area contributed by atoms with Crippen molar-refractivity contribution in [2.75, 3.05) is 26.4 Å². The first-order valence-corrected chi connectivity index (χ1v) is 19.3. The Bertz CT molecular complexity index is 643. The van der Waals surface area contributed by atoms with Gasteiger partial charge in [0.05, 0.1) is 37.6 Å². The van der Waals surface area contributed by atoms with Crippen LogP contribution >= 0.6 is 0 Å². The van der Waals surface area contributed by atoms with Crippen LogP contribution in [-0.2, 0) is 23.8 Å². The predicted molar refractivity (Wildman–Crippen MR) is 192 cm³/mol. The van der Waals surface area contributed by atoms with Crippen LogP contribution in [0, 0.1) is 0 Å². The predicted octanol–water partition coefficient (Wildman–Crippen LogP) is 12.2. The van der Waals surface area contributed by atoms with Crippen molar-refractivity contribution in [2.45, 2.75) is 194 Å². The third kappa shape index (κ3) is 32.1. The van der Waals surface area contributed by atoms with Crippen molar-refractivity contribution < 1.29 is 23.8 Å². The van der Waals surface area contributed by atoms with E-state index >= 15 is 0 Å². The summed E-state index contributed by atoms with van der Waals surface area (Å²) in [6.45, 7) is 12.9. The number of unbranched alkanes of at least 4 members (excludes halogenated alkanes) is 26. The summed E-state index contributed by atoms with van der Waals surface area (Å²) in [6, 6.07) is 0. The molecule has 0 aliphatic heterocycles. The summed E-state index contributed by atoms with van der Waals surface area (Å²) in [4.78, 5) is 24.3. The topological polar surface area (TPSA) is 61.8 Å². The van der Waals surface area contributed by atoms with Crippen molar-refractivity contribution in [3.63, 3.8) is 0 Å². The van der Waals surface area contributed by atoms with Crippen LogP contribution in [0.5, 0.6) is 0 Å². The quantitative estimate of drug-likeness (QED) is 0.0390. The molecule has 0 aromatic carbocycles. The molecule has 0 saturated heterocycles. The zero-order chi connectivity index (χ0) is 33.1. The first-order valence-electron chi connectivity index (χ1n) is 19.3. The Balaban J connectivity index is 3.50. The van der Waals surface area contributed by atoms with E-state index in [9.17, 15) is 9.59 Å². The second kappa shape index (κ2) is 35.2. The molecule has 0 saturated carbocycles. The van der Waals surface area contributed by atoms with Gasteiger partial charge in [-0.2, -0.15) is 0 Å². The number of rotatable bonds is 36. The highest BCUT2D eigenvalue weighted by Gasteiger charge is 2.12. The van der Waals surface area contributed by atoms with E-state index in [0.29, 0.717) is 13.2 Å². The lowest BCUT2D eigenvalue weighted by atomic mass is 10.0. The summed E-state index contributed by atoms with van der Waals surface area (Å²) in [7, 11) is 0. The highest BCUT2D eigenvalue weighted by Crippen LogP contribution is 2.14. The molecule has 0 amide bonds. The molecule has 5 heteroatoms. The molecule has 0 radical (unpaired) electrons. The van der Waals surface area contributed by atoms with Crippen LogP contribution in [-0.4, -0.2) is 38.4 Å². The highest BCUT2D eigenvalue weighted by atomic mass is 16.5. The largest absolute Gasteiger partial charge is 0.462 e. The van der Waals surface area contributed by atoms with Crippen molar-refractivity contribution in [1.82, 2.24) is 0 Å². The summed E-state index contributed by atoms with van der Waals surface area (Å²) < 4.78 is 16.1. The normalized spacial score (nSPS) is 11.1. The second-order valence-corrected chi connectivity index (χ2v) is 13.2. The van der Waals surface area contributed by atoms with Gasteiger partial charge in [-0.05, 0) is 12.8 Å². The molecular formula is C40H74O5. The Hall–Kier alpha value is -1.62. The maximum Gasteiger partial charge on any atom is 0.335 e. The van der Waals surface area contributed by atoms with Crippen LogP contribution < -0.4 is 0 Å². The molecule has 0 N–H and O–H groups in total. The van der Waals surface area contributed by atoms with Gasteiger partial charge in [0.2, 0.25) is 0 Å². The van der Waals surface area contributed by atoms with Gasteiger partial charge < -0.3 is 14.2 Å². The zero-order valence-electron chi connectivity index (χ0n) is 30.1. The summed E-state index contributed by atoms with van der Waals surface area (Å²) in [5.74, 6) is -0.869. The fourth-order valence-electron chi connectivity index (χ4n) is 5.54. The van der Waals surface area contributed by atoms with E-state index < -0.39 is 11.9 Å². The van der Waals surface area contributed by atoms with Crippen LogP contribution in [0.25, 0.3) is 0 Å². The molecule has 0 aliphatic carbocycles. The lowest BCUT2D eigenvalue weighted by Crippen LogP contribution is -2.16. The maximum absolute atomic E-state index is 12.1. The van der Waals surface area contributed by atoms with E-state index in [0.717, 1.165) is 25.7 Å². The SMILES string of the molecule is C=C(COCC(=C)C(=O)OCCCCCCCCCCCCCCCC)C(=O)OCCCCCCCCCCCCCCCC. The number of hydrogen-bond donors (Lipinski definition) is 0. The van der Waals surface area contributed by atoms with Gasteiger partial charge in [0.15, 0.2) is 0 Å². The molecule has 0 aliphatic rings. The van der Waals surface area contributed by atoms with Crippen LogP contribution in [0.15, 0.2) is 24.3 Å². The number of ether oxygens (including phenoxy) is 3. The maximum atomic E-state index is 12.1. The summed E-state index contributed by atoms with van der Waals surface area (Å²) >= 11 is 0. The third-order valence-electron chi connectivity index (χ3n) is 8.59. The molecule has 0 spiro atoms. The minimum absolute atomic E-state index is 0.0167. The van der Waals surface area contributed by atoms with Crippen molar-refractivity contribution in [2.24, 2.45) is 0 Å². The van der Waals surface area contributed by atoms with E-state index in [1.165, 1.54) is 154 Å². The molecule has 5 nitrogen and oxygen atoms in total. The zero-order valence-corrected chi connectivity index (χ0v) is 30.1. The Labute approximate surface area is 279 Å². The van der Waals surface area contributed by atoms with Crippen LogP contribution in [0.3, 0.4) is 0 Å². The van der Waals surface area contributed by atoms with Crippen LogP contribution in [0.1, 0.15) is 194 Å². The van der Waals surface area contributed by atoms with Gasteiger partial charge in [-0.25, -0.2) is 9.59 Å². The second-order valence-electron chi connectivity index (χ2n) is 13.2. The van der Waals surface area contributed by atoms with Gasteiger partial charge in [-0.3, -0.25) is 0 Å². The average molecular weight is 635 g/mol. The molecular weight excluding hydrogens is 560 g/mol. The Morgan fingerprint density at radius 3 is 0.844 bits per heavy atom. The van der Waals surface area contributed by atoms with Gasteiger partial charge >= 0.3 is 11.9 Å². The smallest absolute Gasteiger partial charge is 0.335 e. The molecule has 0 atom stereocenters. The lowest BCUT2D eigenvalue weighted by molar-refractivity contribution is -0.139. The molecule has 0 heterocycles. The van der Waals surface area contributed by atoms with Crippen molar-refractivity contribution >= 4 is 11.9 Å². The fourth-order valence-corrected chi connectivity index (χ4v) is 5.54. The lowest BCUT2D eigenvalue weighted by Gasteiger charge is -2.10. The molecule has 0 bridgehead atoms. The fraction of sp³-hybridized carbons (Fsp3) is 0.850. The van der Waals surface area contributed by atoms with E-state index in [1.54, 1.807) is 0 Å².